The van der Waals surface area contributed by atoms with Crippen LogP contribution in [0.2, 0.25) is 5.02 Å². The molecule has 35 heavy (non-hydrogen) atoms. The van der Waals surface area contributed by atoms with Gasteiger partial charge in [0.2, 0.25) is 0 Å². The van der Waals surface area contributed by atoms with Gasteiger partial charge in [-0.2, -0.15) is 0 Å². The minimum Gasteiger partial charge on any atom is -0.493 e. The van der Waals surface area contributed by atoms with E-state index in [-0.39, 0.29) is 29.0 Å². The number of hydrogen-bond acceptors (Lipinski definition) is 5. The van der Waals surface area contributed by atoms with Gasteiger partial charge in [-0.1, -0.05) is 52.0 Å². The summed E-state index contributed by atoms with van der Waals surface area (Å²) in [7, 11) is 1.56. The van der Waals surface area contributed by atoms with Crippen LogP contribution in [0.1, 0.15) is 71.8 Å². The zero-order valence-corrected chi connectivity index (χ0v) is 22.5. The number of carbonyl (C=O) groups excluding carboxylic acids is 2. The number of methoxy groups -OCH3 is 1. The fraction of sp³-hybridized carbons (Fsp3) is 0.517. The number of hydrogen-bond donors (Lipinski definition) is 0. The molecule has 2 aliphatic carbocycles. The summed E-state index contributed by atoms with van der Waals surface area (Å²) in [4.78, 5) is 29.7. The Kier molecular flexibility index (Phi) is 6.69. The number of ether oxygens (including phenoxy) is 2. The highest BCUT2D eigenvalue weighted by molar-refractivity contribution is 6.32. The molecule has 0 radical (unpaired) electrons. The quantitative estimate of drug-likeness (QED) is 0.413. The second-order valence-electron chi connectivity index (χ2n) is 11.4. The lowest BCUT2D eigenvalue weighted by Gasteiger charge is -2.49. The first kappa shape index (κ1) is 25.6. The van der Waals surface area contributed by atoms with Gasteiger partial charge in [0.15, 0.2) is 23.1 Å². The molecular formula is C29H36ClNO4. The molecule has 0 saturated carbocycles. The number of nitrogens with zero attached hydrogens (tertiary/aromatic N) is 1. The Morgan fingerprint density at radius 2 is 1.57 bits per heavy atom. The molecule has 0 N–H and O–H groups in total. The van der Waals surface area contributed by atoms with Crippen molar-refractivity contribution in [2.24, 2.45) is 10.8 Å². The molecule has 0 atom stereocenters. The molecule has 1 aromatic rings. The molecule has 0 saturated heterocycles. The summed E-state index contributed by atoms with van der Waals surface area (Å²) < 4.78 is 11.4. The van der Waals surface area contributed by atoms with Crippen molar-refractivity contribution in [3.05, 3.63) is 57.9 Å². The van der Waals surface area contributed by atoms with Crippen LogP contribution in [0.25, 0.3) is 0 Å². The summed E-state index contributed by atoms with van der Waals surface area (Å²) in [5, 5.41) is 0.385. The standard InChI is InChI=1S/C29H36ClNO4/c1-8-10-35-27-18(30)11-17(12-23(27)34-7)24-25-19(13-28(3,4)15-21(25)32)31(9-2)20-14-29(5,6)16-22(33)26(20)24/h8,11-12,24H,1,9-10,13-16H2,2-7H3. The molecule has 0 unspecified atom stereocenters. The van der Waals surface area contributed by atoms with Crippen LogP contribution in [0.3, 0.4) is 0 Å². The van der Waals surface area contributed by atoms with Crippen LogP contribution in [0.5, 0.6) is 11.5 Å². The van der Waals surface area contributed by atoms with E-state index in [1.165, 1.54) is 0 Å². The molecule has 0 aromatic heterocycles. The van der Waals surface area contributed by atoms with Crippen molar-refractivity contribution >= 4 is 23.2 Å². The summed E-state index contributed by atoms with van der Waals surface area (Å²) in [5.41, 5.74) is 4.06. The Bertz CT molecular complexity index is 1100. The van der Waals surface area contributed by atoms with Gasteiger partial charge < -0.3 is 14.4 Å². The van der Waals surface area contributed by atoms with Crippen LogP contribution in [-0.2, 0) is 9.59 Å². The van der Waals surface area contributed by atoms with Crippen molar-refractivity contribution in [3.8, 4) is 11.5 Å². The van der Waals surface area contributed by atoms with Gasteiger partial charge in [0, 0.05) is 47.8 Å². The van der Waals surface area contributed by atoms with Crippen LogP contribution in [-0.4, -0.2) is 36.7 Å². The average Bonchev–Trinajstić information content (AvgIpc) is 2.74. The molecule has 3 aliphatic rings. The Labute approximate surface area is 213 Å². The van der Waals surface area contributed by atoms with E-state index in [0.717, 1.165) is 47.5 Å². The van der Waals surface area contributed by atoms with Crippen molar-refractivity contribution in [2.75, 3.05) is 20.3 Å². The fourth-order valence-corrected chi connectivity index (χ4v) is 6.23. The van der Waals surface area contributed by atoms with Gasteiger partial charge in [0.05, 0.1) is 12.1 Å². The lowest BCUT2D eigenvalue weighted by Crippen LogP contribution is -2.44. The van der Waals surface area contributed by atoms with Gasteiger partial charge in [0.25, 0.3) is 0 Å². The van der Waals surface area contributed by atoms with Gasteiger partial charge >= 0.3 is 0 Å². The number of benzene rings is 1. The van der Waals surface area contributed by atoms with Crippen molar-refractivity contribution < 1.29 is 19.1 Å². The fourth-order valence-electron chi connectivity index (χ4n) is 5.95. The predicted molar refractivity (Wildman–Crippen MR) is 139 cm³/mol. The highest BCUT2D eigenvalue weighted by Gasteiger charge is 2.48. The second kappa shape index (κ2) is 9.16. The topological polar surface area (TPSA) is 55.8 Å². The van der Waals surface area contributed by atoms with Gasteiger partial charge in [0.1, 0.15) is 6.61 Å². The third-order valence-electron chi connectivity index (χ3n) is 7.27. The summed E-state index contributed by atoms with van der Waals surface area (Å²) in [6.45, 7) is 15.4. The van der Waals surface area contributed by atoms with Crippen molar-refractivity contribution in [2.45, 2.75) is 66.2 Å². The molecule has 1 aliphatic heterocycles. The number of rotatable bonds is 6. The molecule has 1 heterocycles. The van der Waals surface area contributed by atoms with E-state index in [1.807, 2.05) is 12.1 Å². The summed E-state index contributed by atoms with van der Waals surface area (Å²) in [5.74, 6) is 0.648. The van der Waals surface area contributed by atoms with Crippen LogP contribution in [0.15, 0.2) is 47.3 Å². The third-order valence-corrected chi connectivity index (χ3v) is 7.55. The zero-order chi connectivity index (χ0) is 25.7. The van der Waals surface area contributed by atoms with E-state index in [1.54, 1.807) is 13.2 Å². The number of Topliss-reactive ketones (excluding diaryl/α,β-unsaturated/α-hetero) is 2. The molecule has 188 valence electrons. The maximum absolute atomic E-state index is 13.7. The minimum atomic E-state index is -0.463. The first-order chi connectivity index (χ1) is 16.4. The summed E-state index contributed by atoms with van der Waals surface area (Å²) in [6.07, 6.45) is 4.12. The Hall–Kier alpha value is -2.53. The van der Waals surface area contributed by atoms with E-state index in [4.69, 9.17) is 21.1 Å². The summed E-state index contributed by atoms with van der Waals surface area (Å²) >= 11 is 6.69. The molecule has 0 fully saturated rings. The van der Waals surface area contributed by atoms with Crippen LogP contribution in [0.4, 0.5) is 0 Å². The first-order valence-corrected chi connectivity index (χ1v) is 12.7. The van der Waals surface area contributed by atoms with Gasteiger partial charge in [-0.3, -0.25) is 9.59 Å². The predicted octanol–water partition coefficient (Wildman–Crippen LogP) is 6.62. The van der Waals surface area contributed by atoms with Crippen LogP contribution >= 0.6 is 11.6 Å². The second-order valence-corrected chi connectivity index (χ2v) is 11.8. The van der Waals surface area contributed by atoms with Crippen LogP contribution in [0, 0.1) is 10.8 Å². The maximum Gasteiger partial charge on any atom is 0.180 e. The van der Waals surface area contributed by atoms with E-state index in [2.05, 4.69) is 46.1 Å². The molecule has 4 rings (SSSR count). The van der Waals surface area contributed by atoms with Crippen molar-refractivity contribution in [1.82, 2.24) is 4.90 Å². The van der Waals surface area contributed by atoms with Crippen molar-refractivity contribution in [3.63, 3.8) is 0 Å². The number of ketones is 2. The first-order valence-electron chi connectivity index (χ1n) is 12.3. The zero-order valence-electron chi connectivity index (χ0n) is 21.7. The highest BCUT2D eigenvalue weighted by atomic mass is 35.5. The lowest BCUT2D eigenvalue weighted by atomic mass is 9.63. The SMILES string of the molecule is C=CCOc1c(Cl)cc(C2C3=C(CC(C)(C)CC3=O)N(CC)C3=C2C(=O)CC(C)(C)C3)cc1OC. The smallest absolute Gasteiger partial charge is 0.180 e. The molecule has 5 nitrogen and oxygen atoms in total. The Morgan fingerprint density at radius 1 is 1.03 bits per heavy atom. The molecule has 0 bridgehead atoms. The van der Waals surface area contributed by atoms with Crippen LogP contribution < -0.4 is 9.47 Å². The lowest BCUT2D eigenvalue weighted by molar-refractivity contribution is -0.119. The van der Waals surface area contributed by atoms with E-state index >= 15 is 0 Å². The maximum atomic E-state index is 13.7. The normalized spacial score (nSPS) is 21.6. The average molecular weight is 498 g/mol. The highest BCUT2D eigenvalue weighted by Crippen LogP contribution is 2.55. The molecule has 6 heteroatoms. The largest absolute Gasteiger partial charge is 0.493 e. The van der Waals surface area contributed by atoms with Gasteiger partial charge in [-0.25, -0.2) is 0 Å². The third kappa shape index (κ3) is 4.55. The Balaban J connectivity index is 1.98. The molecule has 0 spiro atoms. The van der Waals surface area contributed by atoms with Gasteiger partial charge in [-0.05, 0) is 48.3 Å². The van der Waals surface area contributed by atoms with Gasteiger partial charge in [-0.15, -0.1) is 0 Å². The molecule has 1 aromatic carbocycles. The summed E-state index contributed by atoms with van der Waals surface area (Å²) in [6, 6.07) is 3.69. The minimum absolute atomic E-state index is 0.103. The Morgan fingerprint density at radius 3 is 2.03 bits per heavy atom. The monoisotopic (exact) mass is 497 g/mol. The van der Waals surface area contributed by atoms with Crippen molar-refractivity contribution in [1.29, 1.82) is 0 Å². The van der Waals surface area contributed by atoms with E-state index < -0.39 is 5.92 Å². The number of carbonyl (C=O) groups is 2. The number of halogens is 1. The number of allylic oxidation sites excluding steroid dienone is 4. The van der Waals surface area contributed by atoms with E-state index in [9.17, 15) is 9.59 Å². The molecule has 0 amide bonds. The van der Waals surface area contributed by atoms with E-state index in [0.29, 0.717) is 29.4 Å². The molecular weight excluding hydrogens is 462 g/mol.